The van der Waals surface area contributed by atoms with Crippen molar-refractivity contribution in [1.29, 1.82) is 0 Å². The van der Waals surface area contributed by atoms with Gasteiger partial charge in [0.25, 0.3) is 5.91 Å². The molecule has 1 fully saturated rings. The van der Waals surface area contributed by atoms with Gasteiger partial charge in [-0.2, -0.15) is 4.31 Å². The number of piperidine rings is 1. The molecular formula is C19H21ClN2O4S. The summed E-state index contributed by atoms with van der Waals surface area (Å²) in [5.41, 5.74) is 0.759. The monoisotopic (exact) mass is 408 g/mol. The number of benzene rings is 2. The number of hydrogen-bond donors (Lipinski definition) is 1. The molecule has 0 bridgehead atoms. The van der Waals surface area contributed by atoms with Crippen molar-refractivity contribution in [1.82, 2.24) is 4.31 Å². The summed E-state index contributed by atoms with van der Waals surface area (Å²) in [6.45, 7) is 0.981. The van der Waals surface area contributed by atoms with Crippen molar-refractivity contribution >= 4 is 33.2 Å². The zero-order valence-electron chi connectivity index (χ0n) is 14.9. The van der Waals surface area contributed by atoms with Gasteiger partial charge in [0, 0.05) is 29.4 Å². The Morgan fingerprint density at radius 2 is 1.85 bits per heavy atom. The number of hydrogen-bond acceptors (Lipinski definition) is 4. The molecule has 1 N–H and O–H groups in total. The van der Waals surface area contributed by atoms with E-state index in [2.05, 4.69) is 5.32 Å². The highest BCUT2D eigenvalue weighted by Crippen LogP contribution is 2.31. The van der Waals surface area contributed by atoms with E-state index in [0.29, 0.717) is 29.4 Å². The average Bonchev–Trinajstić information content (AvgIpc) is 2.68. The lowest BCUT2D eigenvalue weighted by Crippen LogP contribution is -2.35. The van der Waals surface area contributed by atoms with Crippen molar-refractivity contribution in [2.45, 2.75) is 24.2 Å². The Morgan fingerprint density at radius 3 is 2.52 bits per heavy atom. The van der Waals surface area contributed by atoms with E-state index >= 15 is 0 Å². The van der Waals surface area contributed by atoms with E-state index < -0.39 is 10.0 Å². The summed E-state index contributed by atoms with van der Waals surface area (Å²) in [5.74, 6) is -0.120. The van der Waals surface area contributed by atoms with Crippen LogP contribution >= 0.6 is 11.6 Å². The molecule has 0 aliphatic carbocycles. The quantitative estimate of drug-likeness (QED) is 0.816. The van der Waals surface area contributed by atoms with Crippen molar-refractivity contribution in [2.24, 2.45) is 0 Å². The molecule has 1 heterocycles. The van der Waals surface area contributed by atoms with E-state index in [9.17, 15) is 13.2 Å². The predicted molar refractivity (Wildman–Crippen MR) is 105 cm³/mol. The zero-order chi connectivity index (χ0) is 19.4. The molecule has 1 amide bonds. The lowest BCUT2D eigenvalue weighted by atomic mass is 10.2. The maximum absolute atomic E-state index is 13.0. The minimum atomic E-state index is -3.70. The van der Waals surface area contributed by atoms with Gasteiger partial charge in [-0.15, -0.1) is 0 Å². The fourth-order valence-corrected chi connectivity index (χ4v) is 4.92. The van der Waals surface area contributed by atoms with Crippen LogP contribution < -0.4 is 10.1 Å². The van der Waals surface area contributed by atoms with Gasteiger partial charge in [-0.3, -0.25) is 4.79 Å². The Bertz CT molecular complexity index is 940. The Morgan fingerprint density at radius 1 is 1.11 bits per heavy atom. The molecule has 2 aromatic rings. The van der Waals surface area contributed by atoms with Crippen molar-refractivity contribution in [3.8, 4) is 5.75 Å². The topological polar surface area (TPSA) is 75.7 Å². The number of methoxy groups -OCH3 is 1. The highest BCUT2D eigenvalue weighted by atomic mass is 35.5. The largest absolute Gasteiger partial charge is 0.495 e. The van der Waals surface area contributed by atoms with Crippen LogP contribution in [0.4, 0.5) is 5.69 Å². The second kappa shape index (κ2) is 8.29. The standard InChI is InChI=1S/C19H21ClN2O4S/c1-26-17-9-8-16(21-19(23)14-6-5-7-15(20)12-14)13-18(17)27(24,25)22-10-3-2-4-11-22/h5-9,12-13H,2-4,10-11H2,1H3,(H,21,23). The first kappa shape index (κ1) is 19.7. The van der Waals surface area contributed by atoms with Crippen LogP contribution in [-0.4, -0.2) is 38.8 Å². The summed E-state index contributed by atoms with van der Waals surface area (Å²) in [5, 5.41) is 3.17. The molecule has 0 saturated carbocycles. The number of rotatable bonds is 5. The van der Waals surface area contributed by atoms with E-state index in [-0.39, 0.29) is 16.6 Å². The van der Waals surface area contributed by atoms with Crippen molar-refractivity contribution in [3.05, 3.63) is 53.1 Å². The first-order valence-electron chi connectivity index (χ1n) is 8.67. The lowest BCUT2D eigenvalue weighted by Gasteiger charge is -2.26. The van der Waals surface area contributed by atoms with Crippen LogP contribution in [0.2, 0.25) is 5.02 Å². The predicted octanol–water partition coefficient (Wildman–Crippen LogP) is 3.78. The van der Waals surface area contributed by atoms with Gasteiger partial charge in [-0.05, 0) is 49.2 Å². The van der Waals surface area contributed by atoms with Gasteiger partial charge in [0.15, 0.2) is 0 Å². The van der Waals surface area contributed by atoms with Gasteiger partial charge < -0.3 is 10.1 Å². The van der Waals surface area contributed by atoms with Gasteiger partial charge in [-0.25, -0.2) is 8.42 Å². The molecule has 27 heavy (non-hydrogen) atoms. The Kier molecular flexibility index (Phi) is 6.04. The Hall–Kier alpha value is -2.09. The minimum Gasteiger partial charge on any atom is -0.495 e. The maximum atomic E-state index is 13.0. The van der Waals surface area contributed by atoms with E-state index in [0.717, 1.165) is 19.3 Å². The van der Waals surface area contributed by atoms with Gasteiger partial charge in [-0.1, -0.05) is 24.1 Å². The molecule has 1 saturated heterocycles. The lowest BCUT2D eigenvalue weighted by molar-refractivity contribution is 0.102. The summed E-state index contributed by atoms with van der Waals surface area (Å²) in [6.07, 6.45) is 2.71. The van der Waals surface area contributed by atoms with Gasteiger partial charge >= 0.3 is 0 Å². The van der Waals surface area contributed by atoms with Gasteiger partial charge in [0.2, 0.25) is 10.0 Å². The third kappa shape index (κ3) is 4.43. The molecule has 0 atom stereocenters. The van der Waals surface area contributed by atoms with E-state index in [1.807, 2.05) is 0 Å². The molecule has 0 radical (unpaired) electrons. The number of carbonyl (C=O) groups excluding carboxylic acids is 1. The van der Waals surface area contributed by atoms with Gasteiger partial charge in [0.05, 0.1) is 7.11 Å². The molecule has 8 heteroatoms. The normalized spacial score (nSPS) is 15.3. The van der Waals surface area contributed by atoms with E-state index in [4.69, 9.17) is 16.3 Å². The van der Waals surface area contributed by atoms with Crippen LogP contribution in [0.15, 0.2) is 47.4 Å². The van der Waals surface area contributed by atoms with E-state index in [1.165, 1.54) is 17.5 Å². The van der Waals surface area contributed by atoms with Crippen LogP contribution in [0.1, 0.15) is 29.6 Å². The van der Waals surface area contributed by atoms with Crippen LogP contribution in [0.3, 0.4) is 0 Å². The number of sulfonamides is 1. The van der Waals surface area contributed by atoms with Crippen LogP contribution in [0.5, 0.6) is 5.75 Å². The second-order valence-corrected chi connectivity index (χ2v) is 8.64. The SMILES string of the molecule is COc1ccc(NC(=O)c2cccc(Cl)c2)cc1S(=O)(=O)N1CCCCC1. The highest BCUT2D eigenvalue weighted by Gasteiger charge is 2.29. The molecule has 144 valence electrons. The maximum Gasteiger partial charge on any atom is 0.255 e. The Balaban J connectivity index is 1.90. The molecule has 2 aromatic carbocycles. The summed E-state index contributed by atoms with van der Waals surface area (Å²) < 4.78 is 32.8. The zero-order valence-corrected chi connectivity index (χ0v) is 16.5. The first-order valence-corrected chi connectivity index (χ1v) is 10.5. The number of carbonyl (C=O) groups is 1. The number of halogens is 1. The number of anilines is 1. The number of nitrogens with one attached hydrogen (secondary N) is 1. The fourth-order valence-electron chi connectivity index (χ4n) is 3.03. The summed E-state index contributed by atoms with van der Waals surface area (Å²) in [6, 6.07) is 11.1. The highest BCUT2D eigenvalue weighted by molar-refractivity contribution is 7.89. The molecule has 0 spiro atoms. The summed E-state index contributed by atoms with van der Waals surface area (Å²) in [7, 11) is -2.27. The minimum absolute atomic E-state index is 0.0517. The number of amides is 1. The third-order valence-corrected chi connectivity index (χ3v) is 6.60. The van der Waals surface area contributed by atoms with E-state index in [1.54, 1.807) is 36.4 Å². The van der Waals surface area contributed by atoms with Crippen molar-refractivity contribution < 1.29 is 17.9 Å². The van der Waals surface area contributed by atoms with Crippen LogP contribution in [0, 0.1) is 0 Å². The molecule has 1 aliphatic rings. The third-order valence-electron chi connectivity index (χ3n) is 4.44. The summed E-state index contributed by atoms with van der Waals surface area (Å²) >= 11 is 5.92. The number of ether oxygens (including phenoxy) is 1. The molecule has 0 aromatic heterocycles. The summed E-state index contributed by atoms with van der Waals surface area (Å²) in [4.78, 5) is 12.5. The first-order chi connectivity index (χ1) is 12.9. The Labute approximate surface area is 164 Å². The smallest absolute Gasteiger partial charge is 0.255 e. The van der Waals surface area contributed by atoms with Crippen LogP contribution in [0.25, 0.3) is 0 Å². The van der Waals surface area contributed by atoms with Crippen molar-refractivity contribution in [3.63, 3.8) is 0 Å². The number of nitrogens with zero attached hydrogens (tertiary/aromatic N) is 1. The second-order valence-electron chi connectivity index (χ2n) is 6.29. The molecule has 0 unspecified atom stereocenters. The molecule has 1 aliphatic heterocycles. The van der Waals surface area contributed by atoms with Gasteiger partial charge in [0.1, 0.15) is 10.6 Å². The van der Waals surface area contributed by atoms with Crippen molar-refractivity contribution in [2.75, 3.05) is 25.5 Å². The molecular weight excluding hydrogens is 388 g/mol. The fraction of sp³-hybridized carbons (Fsp3) is 0.316. The average molecular weight is 409 g/mol. The van der Waals surface area contributed by atoms with Crippen LogP contribution in [-0.2, 0) is 10.0 Å². The molecule has 3 rings (SSSR count). The molecule has 6 nitrogen and oxygen atoms in total.